The topological polar surface area (TPSA) is 29.5 Å². The zero-order valence-electron chi connectivity index (χ0n) is 16.3. The summed E-state index contributed by atoms with van der Waals surface area (Å²) in [5, 5.41) is 17.7. The van der Waals surface area contributed by atoms with E-state index >= 15 is 0 Å². The summed E-state index contributed by atoms with van der Waals surface area (Å²) in [5.41, 5.74) is -0.623. The van der Waals surface area contributed by atoms with E-state index in [2.05, 4.69) is 66.7 Å². The van der Waals surface area contributed by atoms with Crippen molar-refractivity contribution in [3.63, 3.8) is 0 Å². The summed E-state index contributed by atoms with van der Waals surface area (Å²) in [7, 11) is 1.74. The van der Waals surface area contributed by atoms with Gasteiger partial charge in [-0.15, -0.1) is 0 Å². The Labute approximate surface area is 161 Å². The molecule has 4 rings (SSSR count). The second kappa shape index (κ2) is 6.37. The van der Waals surface area contributed by atoms with Gasteiger partial charge in [0.05, 0.1) is 11.2 Å². The smallest absolute Gasteiger partial charge is 0.330 e. The summed E-state index contributed by atoms with van der Waals surface area (Å²) in [6.45, 7) is 7.31. The first-order valence-electron chi connectivity index (χ1n) is 9.34. The normalized spacial score (nSPS) is 12.8. The van der Waals surface area contributed by atoms with Crippen LogP contribution in [0, 0.1) is 0 Å². The molecule has 0 fully saturated rings. The van der Waals surface area contributed by atoms with Gasteiger partial charge in [0.15, 0.2) is 0 Å². The van der Waals surface area contributed by atoms with Crippen molar-refractivity contribution in [1.82, 2.24) is 0 Å². The van der Waals surface area contributed by atoms with Gasteiger partial charge in [-0.1, -0.05) is 72.2 Å². The van der Waals surface area contributed by atoms with Crippen LogP contribution >= 0.6 is 0 Å². The summed E-state index contributed by atoms with van der Waals surface area (Å²) >= 11 is 0. The van der Waals surface area contributed by atoms with Crippen LogP contribution in [-0.4, -0.2) is 23.8 Å². The molecule has 0 heterocycles. The van der Waals surface area contributed by atoms with Gasteiger partial charge in [0.2, 0.25) is 0 Å². The van der Waals surface area contributed by atoms with Gasteiger partial charge >= 0.3 is 7.48 Å². The van der Waals surface area contributed by atoms with Crippen molar-refractivity contribution in [1.29, 1.82) is 0 Å². The largest absolute Gasteiger partial charge is 0.427 e. The molecule has 0 bridgehead atoms. The summed E-state index contributed by atoms with van der Waals surface area (Å²) in [4.78, 5) is 0. The Kier molecular flexibility index (Phi) is 4.25. The molecule has 0 saturated carbocycles. The SMILES string of the molecule is CC(C)(O)C(C)(C)O[B]c1ccc2c(ccc3c4ccccc4ccc23)c1. The van der Waals surface area contributed by atoms with Crippen LogP contribution in [0.25, 0.3) is 32.3 Å². The van der Waals surface area contributed by atoms with Crippen molar-refractivity contribution in [2.24, 2.45) is 0 Å². The molecule has 135 valence electrons. The standard InChI is InChI=1S/C24H24BO2/c1-23(2,26)24(3,4)27-25-18-11-14-20-17(15-18)10-13-21-19-8-6-5-7-16(19)9-12-22(20)21/h5-15,26H,1-4H3. The molecule has 1 radical (unpaired) electrons. The van der Waals surface area contributed by atoms with Crippen molar-refractivity contribution in [3.8, 4) is 0 Å². The first-order valence-corrected chi connectivity index (χ1v) is 9.34. The van der Waals surface area contributed by atoms with Gasteiger partial charge in [0.25, 0.3) is 0 Å². The highest BCUT2D eigenvalue weighted by Crippen LogP contribution is 2.31. The van der Waals surface area contributed by atoms with Gasteiger partial charge in [-0.25, -0.2) is 0 Å². The second-order valence-corrected chi connectivity index (χ2v) is 8.23. The molecular weight excluding hydrogens is 331 g/mol. The van der Waals surface area contributed by atoms with Crippen LogP contribution in [0.15, 0.2) is 66.7 Å². The van der Waals surface area contributed by atoms with Crippen LogP contribution in [0.3, 0.4) is 0 Å². The monoisotopic (exact) mass is 355 g/mol. The minimum atomic E-state index is -0.933. The summed E-state index contributed by atoms with van der Waals surface area (Å²) in [5.74, 6) is 0. The molecule has 0 aliphatic rings. The van der Waals surface area contributed by atoms with Crippen LogP contribution in [0.1, 0.15) is 27.7 Å². The van der Waals surface area contributed by atoms with E-state index in [1.807, 2.05) is 13.8 Å². The molecule has 4 aromatic carbocycles. The van der Waals surface area contributed by atoms with E-state index in [0.717, 1.165) is 5.46 Å². The Morgan fingerprint density at radius 1 is 0.704 bits per heavy atom. The molecule has 0 atom stereocenters. The van der Waals surface area contributed by atoms with Crippen LogP contribution < -0.4 is 5.46 Å². The molecule has 0 saturated heterocycles. The summed E-state index contributed by atoms with van der Waals surface area (Å²) in [6.07, 6.45) is 0. The third-order valence-corrected chi connectivity index (χ3v) is 5.73. The van der Waals surface area contributed by atoms with Gasteiger partial charge in [-0.2, -0.15) is 0 Å². The fourth-order valence-corrected chi connectivity index (χ4v) is 3.28. The van der Waals surface area contributed by atoms with E-state index in [9.17, 15) is 5.11 Å². The maximum atomic E-state index is 10.3. The Morgan fingerprint density at radius 2 is 1.30 bits per heavy atom. The quantitative estimate of drug-likeness (QED) is 0.414. The average Bonchev–Trinajstić information content (AvgIpc) is 2.64. The van der Waals surface area contributed by atoms with Crippen LogP contribution in [0.5, 0.6) is 0 Å². The minimum Gasteiger partial charge on any atom is -0.427 e. The Morgan fingerprint density at radius 3 is 2.00 bits per heavy atom. The zero-order valence-corrected chi connectivity index (χ0v) is 16.3. The minimum absolute atomic E-state index is 0.676. The second-order valence-electron chi connectivity index (χ2n) is 8.23. The molecule has 0 unspecified atom stereocenters. The predicted molar refractivity (Wildman–Crippen MR) is 116 cm³/mol. The number of rotatable bonds is 4. The van der Waals surface area contributed by atoms with E-state index in [4.69, 9.17) is 4.65 Å². The summed E-state index contributed by atoms with van der Waals surface area (Å²) < 4.78 is 5.90. The van der Waals surface area contributed by atoms with Crippen molar-refractivity contribution in [2.45, 2.75) is 38.9 Å². The maximum absolute atomic E-state index is 10.3. The number of hydrogen-bond acceptors (Lipinski definition) is 2. The first kappa shape index (κ1) is 18.0. The van der Waals surface area contributed by atoms with E-state index in [1.165, 1.54) is 32.3 Å². The molecule has 1 N–H and O–H groups in total. The van der Waals surface area contributed by atoms with E-state index in [-0.39, 0.29) is 0 Å². The molecule has 4 aromatic rings. The van der Waals surface area contributed by atoms with E-state index in [1.54, 1.807) is 21.3 Å². The number of aliphatic hydroxyl groups is 1. The molecule has 0 aromatic heterocycles. The van der Waals surface area contributed by atoms with Gasteiger partial charge in [0.1, 0.15) is 0 Å². The Balaban J connectivity index is 1.73. The molecule has 2 nitrogen and oxygen atoms in total. The van der Waals surface area contributed by atoms with Crippen molar-refractivity contribution in [3.05, 3.63) is 66.7 Å². The fourth-order valence-electron chi connectivity index (χ4n) is 3.28. The lowest BCUT2D eigenvalue weighted by molar-refractivity contribution is -0.0893. The van der Waals surface area contributed by atoms with E-state index < -0.39 is 11.2 Å². The number of fused-ring (bicyclic) bond motifs is 5. The molecule has 0 spiro atoms. The third kappa shape index (κ3) is 3.22. The molecule has 0 aliphatic heterocycles. The van der Waals surface area contributed by atoms with Crippen molar-refractivity contribution >= 4 is 45.3 Å². The molecule has 3 heteroatoms. The zero-order chi connectivity index (χ0) is 19.2. The molecule has 27 heavy (non-hydrogen) atoms. The maximum Gasteiger partial charge on any atom is 0.330 e. The predicted octanol–water partition coefficient (Wildman–Crippen LogP) is 4.96. The fraction of sp³-hybridized carbons (Fsp3) is 0.250. The highest BCUT2D eigenvalue weighted by Gasteiger charge is 2.35. The lowest BCUT2D eigenvalue weighted by atomic mass is 9.81. The van der Waals surface area contributed by atoms with Crippen molar-refractivity contribution in [2.75, 3.05) is 0 Å². The summed E-state index contributed by atoms with van der Waals surface area (Å²) in [6, 6.07) is 23.6. The van der Waals surface area contributed by atoms with Crippen LogP contribution in [0.2, 0.25) is 0 Å². The Bertz CT molecular complexity index is 1140. The Hall–Kier alpha value is -2.36. The van der Waals surface area contributed by atoms with E-state index in [0.29, 0.717) is 0 Å². The van der Waals surface area contributed by atoms with Crippen LogP contribution in [-0.2, 0) is 4.65 Å². The van der Waals surface area contributed by atoms with Gasteiger partial charge in [-0.05, 0) is 60.0 Å². The molecular formula is C24H24BO2. The van der Waals surface area contributed by atoms with Gasteiger partial charge in [-0.3, -0.25) is 0 Å². The molecule has 0 amide bonds. The molecule has 0 aliphatic carbocycles. The lowest BCUT2D eigenvalue weighted by Crippen LogP contribution is -2.49. The van der Waals surface area contributed by atoms with Crippen molar-refractivity contribution < 1.29 is 9.76 Å². The highest BCUT2D eigenvalue weighted by atomic mass is 16.5. The number of hydrogen-bond donors (Lipinski definition) is 1. The van der Waals surface area contributed by atoms with Gasteiger partial charge in [0, 0.05) is 0 Å². The average molecular weight is 355 g/mol. The van der Waals surface area contributed by atoms with Crippen LogP contribution in [0.4, 0.5) is 0 Å². The highest BCUT2D eigenvalue weighted by molar-refractivity contribution is 6.47. The third-order valence-electron chi connectivity index (χ3n) is 5.73. The van der Waals surface area contributed by atoms with Gasteiger partial charge < -0.3 is 9.76 Å². The lowest BCUT2D eigenvalue weighted by Gasteiger charge is -2.37. The first-order chi connectivity index (χ1) is 12.8. The number of benzene rings is 4.